The highest BCUT2D eigenvalue weighted by Crippen LogP contribution is 2.22. The lowest BCUT2D eigenvalue weighted by Crippen LogP contribution is -2.32. The van der Waals surface area contributed by atoms with E-state index in [0.29, 0.717) is 22.4 Å². The van der Waals surface area contributed by atoms with E-state index < -0.39 is 5.97 Å². The lowest BCUT2D eigenvalue weighted by molar-refractivity contribution is -0.124. The Morgan fingerprint density at radius 1 is 1.21 bits per heavy atom. The first-order valence-corrected chi connectivity index (χ1v) is 8.54. The molecule has 0 aliphatic carbocycles. The first-order valence-electron chi connectivity index (χ1n) is 7.35. The van der Waals surface area contributed by atoms with Crippen molar-refractivity contribution in [2.45, 2.75) is 13.8 Å². The molecule has 0 saturated heterocycles. The van der Waals surface area contributed by atoms with Crippen molar-refractivity contribution in [3.63, 3.8) is 0 Å². The molecule has 5 nitrogen and oxygen atoms in total. The zero-order valence-electron chi connectivity index (χ0n) is 13.4. The van der Waals surface area contributed by atoms with Crippen LogP contribution in [0.5, 0.6) is 5.75 Å². The minimum atomic E-state index is -0.561. The molecular formula is C17H18ClNO4S. The van der Waals surface area contributed by atoms with Crippen LogP contribution in [0.4, 0.5) is 0 Å². The molecule has 24 heavy (non-hydrogen) atoms. The highest BCUT2D eigenvalue weighted by atomic mass is 35.5. The van der Waals surface area contributed by atoms with Gasteiger partial charge in [0.05, 0.1) is 10.9 Å². The Bertz CT molecular complexity index is 729. The van der Waals surface area contributed by atoms with Crippen molar-refractivity contribution >= 4 is 34.8 Å². The van der Waals surface area contributed by atoms with E-state index in [2.05, 4.69) is 5.32 Å². The van der Waals surface area contributed by atoms with Gasteiger partial charge in [0.25, 0.3) is 5.91 Å². The molecule has 1 heterocycles. The third kappa shape index (κ3) is 5.54. The molecule has 2 aromatic rings. The van der Waals surface area contributed by atoms with Crippen molar-refractivity contribution in [3.05, 3.63) is 50.7 Å². The van der Waals surface area contributed by atoms with Gasteiger partial charge in [0.15, 0.2) is 6.61 Å². The van der Waals surface area contributed by atoms with Crippen LogP contribution < -0.4 is 10.1 Å². The standard InChI is InChI=1S/C17H18ClNO4S/c1-11-3-4-13(12(2)9-11)22-8-7-19-16(20)10-23-17(21)14-5-6-15(18)24-14/h3-6,9H,7-8,10H2,1-2H3,(H,19,20). The largest absolute Gasteiger partial charge is 0.491 e. The van der Waals surface area contributed by atoms with Gasteiger partial charge in [0.1, 0.15) is 17.2 Å². The fraction of sp³-hybridized carbons (Fsp3) is 0.294. The van der Waals surface area contributed by atoms with Crippen LogP contribution in [0.25, 0.3) is 0 Å². The van der Waals surface area contributed by atoms with E-state index in [9.17, 15) is 9.59 Å². The second kappa shape index (κ2) is 8.70. The third-order valence-electron chi connectivity index (χ3n) is 3.12. The van der Waals surface area contributed by atoms with Gasteiger partial charge >= 0.3 is 5.97 Å². The van der Waals surface area contributed by atoms with Crippen molar-refractivity contribution in [3.8, 4) is 5.75 Å². The van der Waals surface area contributed by atoms with E-state index in [1.165, 1.54) is 5.56 Å². The summed E-state index contributed by atoms with van der Waals surface area (Å²) in [6, 6.07) is 9.07. The first kappa shape index (κ1) is 18.3. The van der Waals surface area contributed by atoms with Crippen LogP contribution in [0.15, 0.2) is 30.3 Å². The summed E-state index contributed by atoms with van der Waals surface area (Å²) in [4.78, 5) is 23.7. The number of carbonyl (C=O) groups excluding carboxylic acids is 2. The van der Waals surface area contributed by atoms with Crippen LogP contribution >= 0.6 is 22.9 Å². The minimum absolute atomic E-state index is 0.328. The number of carbonyl (C=O) groups is 2. The lowest BCUT2D eigenvalue weighted by Gasteiger charge is -2.10. The van der Waals surface area contributed by atoms with Crippen LogP contribution in [0.1, 0.15) is 20.8 Å². The second-order valence-electron chi connectivity index (χ2n) is 5.15. The van der Waals surface area contributed by atoms with Gasteiger partial charge in [-0.15, -0.1) is 11.3 Å². The Labute approximate surface area is 149 Å². The lowest BCUT2D eigenvalue weighted by atomic mass is 10.1. The first-order chi connectivity index (χ1) is 11.5. The number of benzene rings is 1. The average molecular weight is 368 g/mol. The van der Waals surface area contributed by atoms with Gasteiger partial charge in [-0.2, -0.15) is 0 Å². The van der Waals surface area contributed by atoms with Gasteiger partial charge in [-0.25, -0.2) is 4.79 Å². The van der Waals surface area contributed by atoms with Crippen molar-refractivity contribution in [1.29, 1.82) is 0 Å². The maximum atomic E-state index is 11.7. The number of ether oxygens (including phenoxy) is 2. The van der Waals surface area contributed by atoms with Crippen LogP contribution in [0, 0.1) is 13.8 Å². The molecule has 7 heteroatoms. The Balaban J connectivity index is 1.65. The van der Waals surface area contributed by atoms with Gasteiger partial charge in [0, 0.05) is 0 Å². The van der Waals surface area contributed by atoms with Crippen LogP contribution in [0.3, 0.4) is 0 Å². The van der Waals surface area contributed by atoms with E-state index in [1.54, 1.807) is 12.1 Å². The van der Waals surface area contributed by atoms with Gasteiger partial charge in [-0.1, -0.05) is 29.3 Å². The Morgan fingerprint density at radius 2 is 2.00 bits per heavy atom. The number of rotatable bonds is 7. The van der Waals surface area contributed by atoms with Gasteiger partial charge in [0.2, 0.25) is 0 Å². The Kier molecular flexibility index (Phi) is 6.63. The van der Waals surface area contributed by atoms with Gasteiger partial charge < -0.3 is 14.8 Å². The van der Waals surface area contributed by atoms with Crippen molar-refractivity contribution in [2.24, 2.45) is 0 Å². The van der Waals surface area contributed by atoms with Gasteiger partial charge in [-0.05, 0) is 37.6 Å². The molecule has 1 aromatic carbocycles. The van der Waals surface area contributed by atoms with Crippen molar-refractivity contribution in [2.75, 3.05) is 19.8 Å². The van der Waals surface area contributed by atoms with Gasteiger partial charge in [-0.3, -0.25) is 4.79 Å². The third-order valence-corrected chi connectivity index (χ3v) is 4.33. The smallest absolute Gasteiger partial charge is 0.348 e. The number of nitrogens with one attached hydrogen (secondary N) is 1. The number of hydrogen-bond donors (Lipinski definition) is 1. The fourth-order valence-corrected chi connectivity index (χ4v) is 2.93. The highest BCUT2D eigenvalue weighted by molar-refractivity contribution is 7.17. The predicted octanol–water partition coefficient (Wildman–Crippen LogP) is 3.37. The van der Waals surface area contributed by atoms with Crippen LogP contribution in [-0.2, 0) is 9.53 Å². The summed E-state index contributed by atoms with van der Waals surface area (Å²) >= 11 is 6.85. The molecular weight excluding hydrogens is 350 g/mol. The van der Waals surface area contributed by atoms with Crippen molar-refractivity contribution < 1.29 is 19.1 Å². The number of esters is 1. The molecule has 128 valence electrons. The summed E-state index contributed by atoms with van der Waals surface area (Å²) in [7, 11) is 0. The second-order valence-corrected chi connectivity index (χ2v) is 6.86. The molecule has 0 aliphatic rings. The zero-order chi connectivity index (χ0) is 17.5. The molecule has 0 fully saturated rings. The minimum Gasteiger partial charge on any atom is -0.491 e. The quantitative estimate of drug-likeness (QED) is 0.602. The topological polar surface area (TPSA) is 64.6 Å². The molecule has 0 spiro atoms. The zero-order valence-corrected chi connectivity index (χ0v) is 15.0. The molecule has 0 bridgehead atoms. The Hall–Kier alpha value is -2.05. The number of amides is 1. The number of halogens is 1. The molecule has 0 aliphatic heterocycles. The monoisotopic (exact) mass is 367 g/mol. The van der Waals surface area contributed by atoms with Crippen molar-refractivity contribution in [1.82, 2.24) is 5.32 Å². The van der Waals surface area contributed by atoms with E-state index >= 15 is 0 Å². The normalized spacial score (nSPS) is 10.3. The molecule has 0 saturated carbocycles. The molecule has 1 amide bonds. The number of aryl methyl sites for hydroxylation is 2. The maximum Gasteiger partial charge on any atom is 0.348 e. The van der Waals surface area contributed by atoms with E-state index in [-0.39, 0.29) is 12.5 Å². The van der Waals surface area contributed by atoms with Crippen LogP contribution in [-0.4, -0.2) is 31.6 Å². The molecule has 0 unspecified atom stereocenters. The molecule has 0 atom stereocenters. The Morgan fingerprint density at radius 3 is 2.67 bits per heavy atom. The maximum absolute atomic E-state index is 11.7. The summed E-state index contributed by atoms with van der Waals surface area (Å²) in [6.45, 7) is 4.32. The summed E-state index contributed by atoms with van der Waals surface area (Å²) in [5.41, 5.74) is 2.21. The molecule has 1 N–H and O–H groups in total. The fourth-order valence-electron chi connectivity index (χ4n) is 1.99. The molecule has 2 rings (SSSR count). The summed E-state index contributed by atoms with van der Waals surface area (Å²) in [6.07, 6.45) is 0. The molecule has 1 aromatic heterocycles. The predicted molar refractivity (Wildman–Crippen MR) is 94.0 cm³/mol. The number of hydrogen-bond acceptors (Lipinski definition) is 5. The summed E-state index contributed by atoms with van der Waals surface area (Å²) < 4.78 is 11.0. The number of thiophene rings is 1. The SMILES string of the molecule is Cc1ccc(OCCNC(=O)COC(=O)c2ccc(Cl)s2)c(C)c1. The summed E-state index contributed by atoms with van der Waals surface area (Å²) in [5, 5.41) is 2.63. The average Bonchev–Trinajstić information content (AvgIpc) is 2.97. The van der Waals surface area contributed by atoms with Crippen LogP contribution in [0.2, 0.25) is 4.34 Å². The molecule has 0 radical (unpaired) electrons. The van der Waals surface area contributed by atoms with E-state index in [1.807, 2.05) is 32.0 Å². The van der Waals surface area contributed by atoms with E-state index in [0.717, 1.165) is 22.6 Å². The van der Waals surface area contributed by atoms with E-state index in [4.69, 9.17) is 21.1 Å². The summed E-state index contributed by atoms with van der Waals surface area (Å²) in [5.74, 6) is -0.153. The highest BCUT2D eigenvalue weighted by Gasteiger charge is 2.12.